The van der Waals surface area contributed by atoms with Crippen molar-refractivity contribution < 1.29 is 17.9 Å². The summed E-state index contributed by atoms with van der Waals surface area (Å²) in [5.41, 5.74) is 7.02. The first-order valence-corrected chi connectivity index (χ1v) is 6.93. The van der Waals surface area contributed by atoms with E-state index in [1.807, 2.05) is 5.38 Å². The van der Waals surface area contributed by atoms with Gasteiger partial charge in [-0.2, -0.15) is 11.3 Å². The van der Waals surface area contributed by atoms with E-state index in [-0.39, 0.29) is 11.3 Å². The minimum atomic E-state index is -4.74. The van der Waals surface area contributed by atoms with E-state index in [2.05, 4.69) is 20.7 Å². The molecule has 1 aromatic heterocycles. The second-order valence-electron chi connectivity index (χ2n) is 3.76. The van der Waals surface area contributed by atoms with Gasteiger partial charge >= 0.3 is 6.36 Å². The summed E-state index contributed by atoms with van der Waals surface area (Å²) in [5.74, 6) is -0.283. The van der Waals surface area contributed by atoms with Crippen LogP contribution in [0.4, 0.5) is 13.2 Å². The summed E-state index contributed by atoms with van der Waals surface area (Å²) in [6.07, 6.45) is -4.74. The first-order chi connectivity index (χ1) is 8.87. The minimum Gasteiger partial charge on any atom is -0.405 e. The smallest absolute Gasteiger partial charge is 0.405 e. The summed E-state index contributed by atoms with van der Waals surface area (Å²) in [6.45, 7) is 0. The van der Waals surface area contributed by atoms with E-state index in [1.54, 1.807) is 11.4 Å². The highest BCUT2D eigenvalue weighted by molar-refractivity contribution is 9.10. The molecule has 0 radical (unpaired) electrons. The lowest BCUT2D eigenvalue weighted by Crippen LogP contribution is -2.20. The average molecular weight is 352 g/mol. The van der Waals surface area contributed by atoms with Gasteiger partial charge < -0.3 is 10.5 Å². The number of alkyl halides is 3. The third-order valence-corrected chi connectivity index (χ3v) is 3.63. The molecule has 0 aliphatic rings. The molecule has 102 valence electrons. The maximum atomic E-state index is 12.4. The number of ether oxygens (including phenoxy) is 1. The van der Waals surface area contributed by atoms with E-state index in [0.29, 0.717) is 4.47 Å². The lowest BCUT2D eigenvalue weighted by Gasteiger charge is -2.17. The molecule has 1 aromatic carbocycles. The van der Waals surface area contributed by atoms with E-state index in [0.717, 1.165) is 5.56 Å². The van der Waals surface area contributed by atoms with E-state index >= 15 is 0 Å². The molecule has 1 heterocycles. The molecular weight excluding hydrogens is 343 g/mol. The Morgan fingerprint density at radius 3 is 2.58 bits per heavy atom. The first kappa shape index (κ1) is 14.4. The second-order valence-corrected chi connectivity index (χ2v) is 5.46. The van der Waals surface area contributed by atoms with Gasteiger partial charge in [-0.3, -0.25) is 0 Å². The predicted octanol–water partition coefficient (Wildman–Crippen LogP) is 4.46. The number of thiophene rings is 1. The summed E-state index contributed by atoms with van der Waals surface area (Å²) in [6, 6.07) is 5.36. The Kier molecular flexibility index (Phi) is 4.17. The molecule has 0 saturated heterocycles. The van der Waals surface area contributed by atoms with Crippen LogP contribution in [0.15, 0.2) is 39.5 Å². The largest absolute Gasteiger partial charge is 0.573 e. The fourth-order valence-electron chi connectivity index (χ4n) is 1.61. The normalized spacial score (nSPS) is 13.3. The van der Waals surface area contributed by atoms with Crippen molar-refractivity contribution in [2.24, 2.45) is 5.73 Å². The third kappa shape index (κ3) is 3.71. The molecule has 0 aliphatic carbocycles. The van der Waals surface area contributed by atoms with Gasteiger partial charge in [0.2, 0.25) is 0 Å². The molecule has 2 N–H and O–H groups in total. The number of nitrogens with two attached hydrogens (primary N) is 1. The van der Waals surface area contributed by atoms with Gasteiger partial charge in [-0.25, -0.2) is 0 Å². The van der Waals surface area contributed by atoms with Crippen molar-refractivity contribution in [2.45, 2.75) is 12.4 Å². The molecule has 19 heavy (non-hydrogen) atoms. The Morgan fingerprint density at radius 2 is 2.00 bits per heavy atom. The van der Waals surface area contributed by atoms with Crippen molar-refractivity contribution in [3.8, 4) is 5.75 Å². The highest BCUT2D eigenvalue weighted by Crippen LogP contribution is 2.34. The van der Waals surface area contributed by atoms with Gasteiger partial charge in [-0.1, -0.05) is 15.9 Å². The van der Waals surface area contributed by atoms with Gasteiger partial charge in [0.1, 0.15) is 5.75 Å². The monoisotopic (exact) mass is 351 g/mol. The predicted molar refractivity (Wildman–Crippen MR) is 71.2 cm³/mol. The van der Waals surface area contributed by atoms with Gasteiger partial charge in [0.05, 0.1) is 6.04 Å². The summed E-state index contributed by atoms with van der Waals surface area (Å²) in [7, 11) is 0. The summed E-state index contributed by atoms with van der Waals surface area (Å²) < 4.78 is 41.7. The number of rotatable bonds is 3. The van der Waals surface area contributed by atoms with Crippen LogP contribution in [0, 0.1) is 0 Å². The van der Waals surface area contributed by atoms with E-state index in [9.17, 15) is 13.2 Å². The van der Waals surface area contributed by atoms with Crippen LogP contribution in [0.5, 0.6) is 5.75 Å². The van der Waals surface area contributed by atoms with Gasteiger partial charge in [-0.05, 0) is 40.6 Å². The molecular formula is C12H9BrF3NOS. The van der Waals surface area contributed by atoms with Crippen molar-refractivity contribution in [3.05, 3.63) is 50.6 Å². The van der Waals surface area contributed by atoms with Crippen LogP contribution in [0.1, 0.15) is 17.2 Å². The zero-order valence-electron chi connectivity index (χ0n) is 9.45. The molecule has 0 fully saturated rings. The van der Waals surface area contributed by atoms with E-state index in [4.69, 9.17) is 5.73 Å². The Balaban J connectivity index is 2.40. The summed E-state index contributed by atoms with van der Waals surface area (Å²) >= 11 is 4.65. The van der Waals surface area contributed by atoms with Crippen molar-refractivity contribution in [2.75, 3.05) is 0 Å². The molecule has 0 bridgehead atoms. The molecule has 0 unspecified atom stereocenters. The summed E-state index contributed by atoms with van der Waals surface area (Å²) in [4.78, 5) is 0. The minimum absolute atomic E-state index is 0.283. The van der Waals surface area contributed by atoms with Crippen molar-refractivity contribution in [1.29, 1.82) is 0 Å². The summed E-state index contributed by atoms with van der Waals surface area (Å²) in [5, 5.41) is 3.61. The zero-order chi connectivity index (χ0) is 14.0. The highest BCUT2D eigenvalue weighted by atomic mass is 79.9. The lowest BCUT2D eigenvalue weighted by atomic mass is 10.0. The number of hydrogen-bond donors (Lipinski definition) is 1. The SMILES string of the molecule is N[C@@H](c1ccsc1)c1cc(Br)ccc1OC(F)(F)F. The van der Waals surface area contributed by atoms with Gasteiger partial charge in [0.15, 0.2) is 0 Å². The van der Waals surface area contributed by atoms with Gasteiger partial charge in [0.25, 0.3) is 0 Å². The lowest BCUT2D eigenvalue weighted by molar-refractivity contribution is -0.274. The molecule has 2 nitrogen and oxygen atoms in total. The Hall–Kier alpha value is -1.05. The molecule has 1 atom stereocenters. The maximum Gasteiger partial charge on any atom is 0.573 e. The maximum absolute atomic E-state index is 12.4. The highest BCUT2D eigenvalue weighted by Gasteiger charge is 2.33. The number of hydrogen-bond acceptors (Lipinski definition) is 3. The third-order valence-electron chi connectivity index (χ3n) is 2.43. The zero-order valence-corrected chi connectivity index (χ0v) is 11.8. The molecule has 2 rings (SSSR count). The molecule has 0 spiro atoms. The number of halogens is 4. The van der Waals surface area contributed by atoms with Crippen LogP contribution in [-0.4, -0.2) is 6.36 Å². The molecule has 0 amide bonds. The Morgan fingerprint density at radius 1 is 1.26 bits per heavy atom. The van der Waals surface area contributed by atoms with Crippen LogP contribution in [0.3, 0.4) is 0 Å². The van der Waals surface area contributed by atoms with Crippen molar-refractivity contribution >= 4 is 27.3 Å². The molecule has 2 aromatic rings. The molecule has 0 saturated carbocycles. The topological polar surface area (TPSA) is 35.2 Å². The van der Waals surface area contributed by atoms with E-state index < -0.39 is 12.4 Å². The Bertz CT molecular complexity index is 557. The van der Waals surface area contributed by atoms with E-state index in [1.165, 1.54) is 29.5 Å². The van der Waals surface area contributed by atoms with Crippen LogP contribution in [0.25, 0.3) is 0 Å². The van der Waals surface area contributed by atoms with Crippen LogP contribution in [0.2, 0.25) is 0 Å². The van der Waals surface area contributed by atoms with Crippen LogP contribution >= 0.6 is 27.3 Å². The number of benzene rings is 1. The van der Waals surface area contributed by atoms with Gasteiger partial charge in [0, 0.05) is 10.0 Å². The van der Waals surface area contributed by atoms with Crippen LogP contribution in [-0.2, 0) is 0 Å². The first-order valence-electron chi connectivity index (χ1n) is 5.19. The second kappa shape index (κ2) is 5.52. The standard InChI is InChI=1S/C12H9BrF3NOS/c13-8-1-2-10(18-12(14,15)16)9(5-8)11(17)7-3-4-19-6-7/h1-6,11H,17H2/t11-/m0/s1. The molecule has 0 aliphatic heterocycles. The quantitative estimate of drug-likeness (QED) is 0.885. The van der Waals surface area contributed by atoms with Crippen LogP contribution < -0.4 is 10.5 Å². The van der Waals surface area contributed by atoms with Gasteiger partial charge in [-0.15, -0.1) is 13.2 Å². The Labute approximate surface area is 120 Å². The fraction of sp³-hybridized carbons (Fsp3) is 0.167. The fourth-order valence-corrected chi connectivity index (χ4v) is 2.69. The average Bonchev–Trinajstić information content (AvgIpc) is 2.82. The van der Waals surface area contributed by atoms with Crippen molar-refractivity contribution in [1.82, 2.24) is 0 Å². The molecule has 7 heteroatoms. The van der Waals surface area contributed by atoms with Crippen molar-refractivity contribution in [3.63, 3.8) is 0 Å².